The number of benzene rings is 1. The molecule has 0 spiro atoms. The van der Waals surface area contributed by atoms with Crippen LogP contribution in [0.2, 0.25) is 0 Å². The molecule has 8 heteroatoms. The number of halogens is 3. The molecule has 1 aliphatic rings. The lowest BCUT2D eigenvalue weighted by molar-refractivity contribution is -0.158. The third kappa shape index (κ3) is 4.45. The third-order valence-corrected chi connectivity index (χ3v) is 3.16. The Morgan fingerprint density at radius 1 is 1.32 bits per heavy atom. The minimum absolute atomic E-state index is 0.123. The highest BCUT2D eigenvalue weighted by Gasteiger charge is 2.36. The lowest BCUT2D eigenvalue weighted by Gasteiger charge is -2.34. The predicted molar refractivity (Wildman–Crippen MR) is 70.7 cm³/mol. The van der Waals surface area contributed by atoms with E-state index in [0.717, 1.165) is 5.56 Å². The van der Waals surface area contributed by atoms with Crippen molar-refractivity contribution in [2.24, 2.45) is 0 Å². The van der Waals surface area contributed by atoms with Gasteiger partial charge in [0, 0.05) is 6.54 Å². The van der Waals surface area contributed by atoms with Crippen LogP contribution in [-0.2, 0) is 20.9 Å². The molecule has 22 heavy (non-hydrogen) atoms. The standard InChI is InChI=1S/C14H15F3N2O3/c15-14(16,17)9-18-13(21)11-7-22-8-12(20)19(11)6-10-4-2-1-3-5-10/h1-5,11H,6-9H2,(H,18,21). The second-order valence-corrected chi connectivity index (χ2v) is 4.87. The molecule has 0 saturated carbocycles. The van der Waals surface area contributed by atoms with E-state index < -0.39 is 30.6 Å². The minimum Gasteiger partial charge on any atom is -0.369 e. The Balaban J connectivity index is 2.06. The fourth-order valence-electron chi connectivity index (χ4n) is 2.11. The first-order chi connectivity index (χ1) is 10.4. The van der Waals surface area contributed by atoms with Crippen molar-refractivity contribution in [2.75, 3.05) is 19.8 Å². The molecule has 5 nitrogen and oxygen atoms in total. The quantitative estimate of drug-likeness (QED) is 0.905. The maximum atomic E-state index is 12.2. The average molecular weight is 316 g/mol. The molecule has 1 unspecified atom stereocenters. The number of hydrogen-bond acceptors (Lipinski definition) is 3. The molecule has 0 aliphatic carbocycles. The SMILES string of the molecule is O=C(NCC(F)(F)F)C1COCC(=O)N1Cc1ccccc1. The van der Waals surface area contributed by atoms with Crippen molar-refractivity contribution in [1.82, 2.24) is 10.2 Å². The average Bonchev–Trinajstić information content (AvgIpc) is 2.47. The summed E-state index contributed by atoms with van der Waals surface area (Å²) in [4.78, 5) is 25.1. The van der Waals surface area contributed by atoms with Crippen molar-refractivity contribution in [3.8, 4) is 0 Å². The summed E-state index contributed by atoms with van der Waals surface area (Å²) >= 11 is 0. The van der Waals surface area contributed by atoms with Crippen LogP contribution in [0.3, 0.4) is 0 Å². The lowest BCUT2D eigenvalue weighted by Crippen LogP contribution is -2.56. The topological polar surface area (TPSA) is 58.6 Å². The van der Waals surface area contributed by atoms with Gasteiger partial charge in [0.2, 0.25) is 11.8 Å². The summed E-state index contributed by atoms with van der Waals surface area (Å²) in [5.74, 6) is -1.30. The Morgan fingerprint density at radius 3 is 2.64 bits per heavy atom. The highest BCUT2D eigenvalue weighted by Crippen LogP contribution is 2.16. The number of hydrogen-bond donors (Lipinski definition) is 1. The maximum absolute atomic E-state index is 12.2. The molecule has 0 bridgehead atoms. The summed E-state index contributed by atoms with van der Waals surface area (Å²) in [6.45, 7) is -1.60. The monoisotopic (exact) mass is 316 g/mol. The first-order valence-electron chi connectivity index (χ1n) is 6.62. The predicted octanol–water partition coefficient (Wildman–Crippen LogP) is 1.09. The van der Waals surface area contributed by atoms with Crippen molar-refractivity contribution < 1.29 is 27.5 Å². The molecule has 2 amide bonds. The molecule has 0 aromatic heterocycles. The van der Waals surface area contributed by atoms with Crippen LogP contribution >= 0.6 is 0 Å². The van der Waals surface area contributed by atoms with Gasteiger partial charge in [-0.15, -0.1) is 0 Å². The second kappa shape index (κ2) is 6.78. The van der Waals surface area contributed by atoms with E-state index in [4.69, 9.17) is 4.74 Å². The van der Waals surface area contributed by atoms with E-state index in [-0.39, 0.29) is 19.8 Å². The Bertz CT molecular complexity index is 534. The Kier molecular flexibility index (Phi) is 5.02. The minimum atomic E-state index is -4.50. The number of carbonyl (C=O) groups is 2. The molecule has 2 rings (SSSR count). The molecule has 1 aromatic rings. The van der Waals surface area contributed by atoms with Crippen molar-refractivity contribution in [3.05, 3.63) is 35.9 Å². The Morgan fingerprint density at radius 2 is 2.00 bits per heavy atom. The van der Waals surface area contributed by atoms with Crippen LogP contribution in [0.1, 0.15) is 5.56 Å². The van der Waals surface area contributed by atoms with Crippen molar-refractivity contribution in [2.45, 2.75) is 18.8 Å². The van der Waals surface area contributed by atoms with Crippen LogP contribution < -0.4 is 5.32 Å². The Labute approximate surface area is 125 Å². The number of ether oxygens (including phenoxy) is 1. The van der Waals surface area contributed by atoms with Gasteiger partial charge in [0.25, 0.3) is 0 Å². The van der Waals surface area contributed by atoms with Gasteiger partial charge in [-0.3, -0.25) is 9.59 Å². The number of rotatable bonds is 4. The normalized spacial score (nSPS) is 19.1. The molecule has 120 valence electrons. The van der Waals surface area contributed by atoms with E-state index >= 15 is 0 Å². The third-order valence-electron chi connectivity index (χ3n) is 3.16. The number of alkyl halides is 3. The zero-order valence-corrected chi connectivity index (χ0v) is 11.6. The zero-order chi connectivity index (χ0) is 16.2. The van der Waals surface area contributed by atoms with Gasteiger partial charge in [0.1, 0.15) is 19.2 Å². The molecule has 0 radical (unpaired) electrons. The second-order valence-electron chi connectivity index (χ2n) is 4.87. The van der Waals surface area contributed by atoms with Crippen LogP contribution in [0, 0.1) is 0 Å². The van der Waals surface area contributed by atoms with Gasteiger partial charge >= 0.3 is 6.18 Å². The fourth-order valence-corrected chi connectivity index (χ4v) is 2.11. The molecule has 1 saturated heterocycles. The highest BCUT2D eigenvalue weighted by atomic mass is 19.4. The Hall–Kier alpha value is -2.09. The lowest BCUT2D eigenvalue weighted by atomic mass is 10.1. The number of nitrogens with one attached hydrogen (secondary N) is 1. The van der Waals surface area contributed by atoms with E-state index in [2.05, 4.69) is 0 Å². The number of carbonyl (C=O) groups excluding carboxylic acids is 2. The van der Waals surface area contributed by atoms with Crippen molar-refractivity contribution in [3.63, 3.8) is 0 Å². The van der Waals surface area contributed by atoms with E-state index in [1.54, 1.807) is 35.6 Å². The van der Waals surface area contributed by atoms with Gasteiger partial charge in [-0.1, -0.05) is 30.3 Å². The van der Waals surface area contributed by atoms with Crippen molar-refractivity contribution in [1.29, 1.82) is 0 Å². The van der Waals surface area contributed by atoms with Crippen LogP contribution in [-0.4, -0.2) is 48.7 Å². The van der Waals surface area contributed by atoms with Gasteiger partial charge < -0.3 is 15.0 Å². The molecule has 1 aliphatic heterocycles. The number of nitrogens with zero attached hydrogens (tertiary/aromatic N) is 1. The first kappa shape index (κ1) is 16.3. The molecule has 1 fully saturated rings. The first-order valence-corrected chi connectivity index (χ1v) is 6.62. The van der Waals surface area contributed by atoms with E-state index in [1.165, 1.54) is 4.90 Å². The summed E-state index contributed by atoms with van der Waals surface area (Å²) in [6, 6.07) is 7.83. The summed E-state index contributed by atoms with van der Waals surface area (Å²) in [7, 11) is 0. The van der Waals surface area contributed by atoms with Crippen LogP contribution in [0.25, 0.3) is 0 Å². The van der Waals surface area contributed by atoms with Crippen LogP contribution in [0.5, 0.6) is 0 Å². The van der Waals surface area contributed by atoms with E-state index in [1.807, 2.05) is 0 Å². The maximum Gasteiger partial charge on any atom is 0.405 e. The van der Waals surface area contributed by atoms with Gasteiger partial charge in [-0.25, -0.2) is 0 Å². The van der Waals surface area contributed by atoms with Gasteiger partial charge in [-0.2, -0.15) is 13.2 Å². The molecular formula is C14H15F3N2O3. The summed E-state index contributed by atoms with van der Waals surface area (Å²) < 4.78 is 41.5. The molecule has 1 aromatic carbocycles. The molecular weight excluding hydrogens is 301 g/mol. The van der Waals surface area contributed by atoms with Gasteiger partial charge in [0.05, 0.1) is 6.61 Å². The van der Waals surface area contributed by atoms with E-state index in [9.17, 15) is 22.8 Å². The number of amides is 2. The van der Waals surface area contributed by atoms with Crippen LogP contribution in [0.15, 0.2) is 30.3 Å². The zero-order valence-electron chi connectivity index (χ0n) is 11.6. The number of morpholine rings is 1. The molecule has 1 heterocycles. The van der Waals surface area contributed by atoms with Crippen molar-refractivity contribution >= 4 is 11.8 Å². The fraction of sp³-hybridized carbons (Fsp3) is 0.429. The smallest absolute Gasteiger partial charge is 0.369 e. The summed E-state index contributed by atoms with van der Waals surface area (Å²) in [5.41, 5.74) is 0.784. The summed E-state index contributed by atoms with van der Waals surface area (Å²) in [6.07, 6.45) is -4.50. The highest BCUT2D eigenvalue weighted by molar-refractivity contribution is 5.89. The largest absolute Gasteiger partial charge is 0.405 e. The van der Waals surface area contributed by atoms with Gasteiger partial charge in [0.15, 0.2) is 0 Å². The van der Waals surface area contributed by atoms with E-state index in [0.29, 0.717) is 0 Å². The van der Waals surface area contributed by atoms with Gasteiger partial charge in [-0.05, 0) is 5.56 Å². The molecule has 1 atom stereocenters. The van der Waals surface area contributed by atoms with Crippen LogP contribution in [0.4, 0.5) is 13.2 Å². The summed E-state index contributed by atoms with van der Waals surface area (Å²) in [5, 5.41) is 1.79. The molecule has 1 N–H and O–H groups in total.